The van der Waals surface area contributed by atoms with Crippen molar-refractivity contribution in [2.24, 2.45) is 0 Å². The lowest BCUT2D eigenvalue weighted by Gasteiger charge is -2.08. The van der Waals surface area contributed by atoms with Crippen molar-refractivity contribution in [3.63, 3.8) is 0 Å². The topological polar surface area (TPSA) is 70.2 Å². The fourth-order valence-corrected chi connectivity index (χ4v) is 2.25. The van der Waals surface area contributed by atoms with E-state index >= 15 is 0 Å². The lowest BCUT2D eigenvalue weighted by molar-refractivity contribution is -0.125. The zero-order chi connectivity index (χ0) is 15.8. The molecule has 2 amide bonds. The molecule has 116 valence electrons. The summed E-state index contributed by atoms with van der Waals surface area (Å²) in [5.74, 6) is -0.332. The molecule has 0 saturated heterocycles. The summed E-state index contributed by atoms with van der Waals surface area (Å²) < 4.78 is 0. The number of benzene rings is 2. The zero-order valence-corrected chi connectivity index (χ0v) is 12.7. The van der Waals surface area contributed by atoms with E-state index in [1.807, 2.05) is 49.5 Å². The van der Waals surface area contributed by atoms with Crippen LogP contribution in [0.15, 0.2) is 42.5 Å². The highest BCUT2D eigenvalue weighted by molar-refractivity contribution is 5.91. The molecule has 0 bridgehead atoms. The van der Waals surface area contributed by atoms with Crippen LogP contribution in [0.3, 0.4) is 0 Å². The van der Waals surface area contributed by atoms with Crippen LogP contribution in [0.25, 0.3) is 10.8 Å². The van der Waals surface area contributed by atoms with Gasteiger partial charge in [0.2, 0.25) is 11.8 Å². The van der Waals surface area contributed by atoms with Gasteiger partial charge in [0.1, 0.15) is 0 Å². The van der Waals surface area contributed by atoms with Crippen molar-refractivity contribution in [3.05, 3.63) is 48.0 Å². The summed E-state index contributed by atoms with van der Waals surface area (Å²) in [4.78, 5) is 23.5. The Hall–Kier alpha value is -2.40. The van der Waals surface area contributed by atoms with E-state index in [0.717, 1.165) is 16.3 Å². The van der Waals surface area contributed by atoms with Crippen LogP contribution < -0.4 is 16.0 Å². The number of rotatable bonds is 7. The van der Waals surface area contributed by atoms with Gasteiger partial charge in [0, 0.05) is 13.1 Å². The Morgan fingerprint density at radius 3 is 2.50 bits per heavy atom. The molecule has 0 atom stereocenters. The molecule has 0 aliphatic heterocycles. The van der Waals surface area contributed by atoms with Gasteiger partial charge in [-0.3, -0.25) is 9.59 Å². The molecule has 5 heteroatoms. The molecule has 0 unspecified atom stereocenters. The van der Waals surface area contributed by atoms with Crippen LogP contribution in [-0.4, -0.2) is 38.5 Å². The SMILES string of the molecule is CNCCNC(=O)CNC(=O)Cc1cccc2ccccc12. The third kappa shape index (κ3) is 4.56. The predicted octanol–water partition coefficient (Wildman–Crippen LogP) is 0.834. The lowest BCUT2D eigenvalue weighted by Crippen LogP contribution is -2.39. The Kier molecular flexibility index (Phi) is 5.91. The van der Waals surface area contributed by atoms with Crippen LogP contribution in [0.1, 0.15) is 5.56 Å². The molecule has 2 aromatic carbocycles. The lowest BCUT2D eigenvalue weighted by atomic mass is 10.0. The van der Waals surface area contributed by atoms with Gasteiger partial charge in [-0.15, -0.1) is 0 Å². The van der Waals surface area contributed by atoms with E-state index < -0.39 is 0 Å². The van der Waals surface area contributed by atoms with Crippen LogP contribution in [-0.2, 0) is 16.0 Å². The highest BCUT2D eigenvalue weighted by Gasteiger charge is 2.08. The van der Waals surface area contributed by atoms with Crippen LogP contribution in [0, 0.1) is 0 Å². The third-order valence-corrected chi connectivity index (χ3v) is 3.37. The maximum Gasteiger partial charge on any atom is 0.239 e. The predicted molar refractivity (Wildman–Crippen MR) is 87.6 cm³/mol. The zero-order valence-electron chi connectivity index (χ0n) is 12.7. The summed E-state index contributed by atoms with van der Waals surface area (Å²) in [6.45, 7) is 1.26. The van der Waals surface area contributed by atoms with Crippen molar-refractivity contribution < 1.29 is 9.59 Å². The summed E-state index contributed by atoms with van der Waals surface area (Å²) in [7, 11) is 1.82. The second-order valence-electron chi connectivity index (χ2n) is 5.05. The van der Waals surface area contributed by atoms with Gasteiger partial charge >= 0.3 is 0 Å². The normalized spacial score (nSPS) is 10.4. The first-order valence-corrected chi connectivity index (χ1v) is 7.35. The Morgan fingerprint density at radius 2 is 1.68 bits per heavy atom. The maximum absolute atomic E-state index is 12.0. The minimum Gasteiger partial charge on any atom is -0.353 e. The van der Waals surface area contributed by atoms with Crippen molar-refractivity contribution in [3.8, 4) is 0 Å². The Bertz CT molecular complexity index is 650. The number of hydrogen-bond donors (Lipinski definition) is 3. The summed E-state index contributed by atoms with van der Waals surface area (Å²) >= 11 is 0. The smallest absolute Gasteiger partial charge is 0.239 e. The Balaban J connectivity index is 1.87. The fraction of sp³-hybridized carbons (Fsp3) is 0.294. The van der Waals surface area contributed by atoms with Crippen molar-refractivity contribution in [1.29, 1.82) is 0 Å². The first-order valence-electron chi connectivity index (χ1n) is 7.35. The molecule has 0 heterocycles. The minimum absolute atomic E-state index is 0.00726. The second kappa shape index (κ2) is 8.14. The van der Waals surface area contributed by atoms with Gasteiger partial charge in [0.05, 0.1) is 13.0 Å². The molecule has 0 aromatic heterocycles. The molecular formula is C17H21N3O2. The standard InChI is InChI=1S/C17H21N3O2/c1-18-9-10-19-17(22)12-20-16(21)11-14-7-4-6-13-5-2-3-8-15(13)14/h2-8,18H,9-12H2,1H3,(H,19,22)(H,20,21). The van der Waals surface area contributed by atoms with Crippen LogP contribution in [0.4, 0.5) is 0 Å². The number of nitrogens with one attached hydrogen (secondary N) is 3. The van der Waals surface area contributed by atoms with E-state index in [1.165, 1.54) is 0 Å². The Labute approximate surface area is 130 Å². The van der Waals surface area contributed by atoms with E-state index in [4.69, 9.17) is 0 Å². The quantitative estimate of drug-likeness (QED) is 0.663. The molecule has 2 rings (SSSR count). The molecule has 2 aromatic rings. The molecule has 0 fully saturated rings. The molecule has 0 aliphatic carbocycles. The molecule has 5 nitrogen and oxygen atoms in total. The highest BCUT2D eigenvalue weighted by atomic mass is 16.2. The molecule has 3 N–H and O–H groups in total. The Morgan fingerprint density at radius 1 is 0.909 bits per heavy atom. The molecule has 0 radical (unpaired) electrons. The van der Waals surface area contributed by atoms with Gasteiger partial charge in [-0.1, -0.05) is 42.5 Å². The van der Waals surface area contributed by atoms with E-state index in [-0.39, 0.29) is 24.8 Å². The first-order chi connectivity index (χ1) is 10.7. The number of likely N-dealkylation sites (N-methyl/N-ethyl adjacent to an activating group) is 1. The number of amides is 2. The van der Waals surface area contributed by atoms with Crippen LogP contribution >= 0.6 is 0 Å². The molecule has 0 spiro atoms. The van der Waals surface area contributed by atoms with Crippen molar-refractivity contribution in [2.45, 2.75) is 6.42 Å². The number of fused-ring (bicyclic) bond motifs is 1. The van der Waals surface area contributed by atoms with Crippen molar-refractivity contribution in [2.75, 3.05) is 26.7 Å². The number of hydrogen-bond acceptors (Lipinski definition) is 3. The van der Waals surface area contributed by atoms with Gasteiger partial charge in [0.15, 0.2) is 0 Å². The third-order valence-electron chi connectivity index (χ3n) is 3.37. The largest absolute Gasteiger partial charge is 0.353 e. The first kappa shape index (κ1) is 16.0. The van der Waals surface area contributed by atoms with E-state index in [2.05, 4.69) is 16.0 Å². The summed E-state index contributed by atoms with van der Waals surface area (Å²) in [5, 5.41) is 10.5. The monoisotopic (exact) mass is 299 g/mol. The van der Waals surface area contributed by atoms with Gasteiger partial charge in [-0.25, -0.2) is 0 Å². The van der Waals surface area contributed by atoms with Gasteiger partial charge < -0.3 is 16.0 Å². The summed E-state index contributed by atoms with van der Waals surface area (Å²) in [6, 6.07) is 13.9. The van der Waals surface area contributed by atoms with Crippen molar-refractivity contribution in [1.82, 2.24) is 16.0 Å². The molecular weight excluding hydrogens is 278 g/mol. The highest BCUT2D eigenvalue weighted by Crippen LogP contribution is 2.18. The fourth-order valence-electron chi connectivity index (χ4n) is 2.25. The van der Waals surface area contributed by atoms with Crippen LogP contribution in [0.5, 0.6) is 0 Å². The van der Waals surface area contributed by atoms with Crippen LogP contribution in [0.2, 0.25) is 0 Å². The van der Waals surface area contributed by atoms with Gasteiger partial charge in [0.25, 0.3) is 0 Å². The average Bonchev–Trinajstić information content (AvgIpc) is 2.54. The summed E-state index contributed by atoms with van der Waals surface area (Å²) in [6.07, 6.45) is 0.269. The second-order valence-corrected chi connectivity index (χ2v) is 5.05. The molecule has 22 heavy (non-hydrogen) atoms. The van der Waals surface area contributed by atoms with E-state index in [0.29, 0.717) is 13.1 Å². The van der Waals surface area contributed by atoms with E-state index in [1.54, 1.807) is 0 Å². The van der Waals surface area contributed by atoms with E-state index in [9.17, 15) is 9.59 Å². The minimum atomic E-state index is -0.179. The van der Waals surface area contributed by atoms with Gasteiger partial charge in [-0.05, 0) is 23.4 Å². The van der Waals surface area contributed by atoms with Crippen molar-refractivity contribution >= 4 is 22.6 Å². The average molecular weight is 299 g/mol. The molecule has 0 saturated carbocycles. The number of carbonyl (C=O) groups excluding carboxylic acids is 2. The van der Waals surface area contributed by atoms with Gasteiger partial charge in [-0.2, -0.15) is 0 Å². The number of carbonyl (C=O) groups is 2. The maximum atomic E-state index is 12.0. The molecule has 0 aliphatic rings. The summed E-state index contributed by atoms with van der Waals surface area (Å²) in [5.41, 5.74) is 0.964.